The Kier molecular flexibility index (Phi) is 4.04. The Bertz CT molecular complexity index is 461. The van der Waals surface area contributed by atoms with Gasteiger partial charge in [-0.15, -0.1) is 0 Å². The molecular formula is C14H18N2O3. The molecule has 1 fully saturated rings. The number of esters is 1. The molecule has 1 aliphatic heterocycles. The summed E-state index contributed by atoms with van der Waals surface area (Å²) in [5.74, 6) is -0.726. The van der Waals surface area contributed by atoms with Crippen LogP contribution in [0.25, 0.3) is 0 Å². The van der Waals surface area contributed by atoms with E-state index in [-0.39, 0.29) is 24.1 Å². The number of benzene rings is 1. The highest BCUT2D eigenvalue weighted by Crippen LogP contribution is 2.28. The van der Waals surface area contributed by atoms with Crippen LogP contribution in [0.2, 0.25) is 0 Å². The number of ether oxygens (including phenoxy) is 1. The van der Waals surface area contributed by atoms with Crippen LogP contribution in [0.15, 0.2) is 30.3 Å². The van der Waals surface area contributed by atoms with E-state index in [4.69, 9.17) is 4.74 Å². The van der Waals surface area contributed by atoms with Crippen molar-refractivity contribution in [3.05, 3.63) is 35.9 Å². The van der Waals surface area contributed by atoms with Crippen molar-refractivity contribution < 1.29 is 14.3 Å². The first-order valence-corrected chi connectivity index (χ1v) is 6.42. The van der Waals surface area contributed by atoms with E-state index in [0.717, 1.165) is 5.56 Å². The first kappa shape index (κ1) is 13.4. The number of urea groups is 1. The molecular weight excluding hydrogens is 244 g/mol. The average molecular weight is 262 g/mol. The van der Waals surface area contributed by atoms with Gasteiger partial charge in [-0.25, -0.2) is 4.79 Å². The molecule has 1 aromatic carbocycles. The summed E-state index contributed by atoms with van der Waals surface area (Å²) in [5, 5.41) is 5.52. The second-order valence-corrected chi connectivity index (χ2v) is 4.57. The number of hydrogen-bond acceptors (Lipinski definition) is 3. The van der Waals surface area contributed by atoms with Crippen molar-refractivity contribution in [2.45, 2.75) is 25.9 Å². The summed E-state index contributed by atoms with van der Waals surface area (Å²) in [7, 11) is 0. The van der Waals surface area contributed by atoms with Crippen LogP contribution in [0.4, 0.5) is 4.79 Å². The lowest BCUT2D eigenvalue weighted by molar-refractivity contribution is -0.150. The number of rotatable bonds is 3. The molecule has 1 aliphatic rings. The molecule has 2 amide bonds. The second kappa shape index (κ2) is 5.73. The number of carbonyl (C=O) groups excluding carboxylic acids is 2. The topological polar surface area (TPSA) is 67.4 Å². The summed E-state index contributed by atoms with van der Waals surface area (Å²) < 4.78 is 5.11. The fraction of sp³-hybridized carbons (Fsp3) is 0.429. The molecule has 0 aromatic heterocycles. The van der Waals surface area contributed by atoms with E-state index in [2.05, 4.69) is 10.6 Å². The third-order valence-electron chi connectivity index (χ3n) is 3.26. The third-order valence-corrected chi connectivity index (χ3v) is 3.26. The zero-order chi connectivity index (χ0) is 13.8. The number of hydrogen-bond donors (Lipinski definition) is 2. The van der Waals surface area contributed by atoms with Gasteiger partial charge in [0.1, 0.15) is 5.92 Å². The molecule has 102 valence electrons. The molecule has 19 heavy (non-hydrogen) atoms. The van der Waals surface area contributed by atoms with Gasteiger partial charge in [-0.2, -0.15) is 0 Å². The number of carbonyl (C=O) groups is 2. The van der Waals surface area contributed by atoms with E-state index in [1.807, 2.05) is 37.3 Å². The Balaban J connectivity index is 2.29. The molecule has 0 bridgehead atoms. The van der Waals surface area contributed by atoms with Gasteiger partial charge in [-0.1, -0.05) is 30.3 Å². The van der Waals surface area contributed by atoms with Crippen LogP contribution in [-0.2, 0) is 9.53 Å². The Morgan fingerprint density at radius 2 is 1.95 bits per heavy atom. The van der Waals surface area contributed by atoms with Crippen LogP contribution in [0.3, 0.4) is 0 Å². The lowest BCUT2D eigenvalue weighted by Crippen LogP contribution is -2.57. The predicted octanol–water partition coefficient (Wildman–Crippen LogP) is 1.61. The SMILES string of the molecule is CCOC(=O)[C@@H]1[C@H](C)NC(=O)N[C@@H]1c1ccccc1. The van der Waals surface area contributed by atoms with Crippen LogP contribution in [0, 0.1) is 5.92 Å². The molecule has 0 aliphatic carbocycles. The highest BCUT2D eigenvalue weighted by Gasteiger charge is 2.40. The molecule has 3 atom stereocenters. The summed E-state index contributed by atoms with van der Waals surface area (Å²) in [6.45, 7) is 3.92. The van der Waals surface area contributed by atoms with Gasteiger partial charge in [-0.05, 0) is 19.4 Å². The van der Waals surface area contributed by atoms with Crippen LogP contribution < -0.4 is 10.6 Å². The summed E-state index contributed by atoms with van der Waals surface area (Å²) in [6, 6.07) is 8.58. The van der Waals surface area contributed by atoms with Crippen molar-refractivity contribution >= 4 is 12.0 Å². The first-order valence-electron chi connectivity index (χ1n) is 6.42. The van der Waals surface area contributed by atoms with Crippen molar-refractivity contribution in [2.24, 2.45) is 5.92 Å². The lowest BCUT2D eigenvalue weighted by atomic mass is 9.86. The minimum Gasteiger partial charge on any atom is -0.466 e. The van der Waals surface area contributed by atoms with Crippen molar-refractivity contribution in [1.29, 1.82) is 0 Å². The fourth-order valence-corrected chi connectivity index (χ4v) is 2.39. The van der Waals surface area contributed by atoms with Gasteiger partial charge in [-0.3, -0.25) is 4.79 Å². The predicted molar refractivity (Wildman–Crippen MR) is 70.4 cm³/mol. The van der Waals surface area contributed by atoms with Gasteiger partial charge in [0.2, 0.25) is 0 Å². The van der Waals surface area contributed by atoms with Crippen LogP contribution in [0.5, 0.6) is 0 Å². The number of nitrogens with one attached hydrogen (secondary N) is 2. The summed E-state index contributed by atoms with van der Waals surface area (Å²) in [5.41, 5.74) is 0.905. The van der Waals surface area contributed by atoms with Crippen LogP contribution >= 0.6 is 0 Å². The maximum atomic E-state index is 12.1. The zero-order valence-corrected chi connectivity index (χ0v) is 11.1. The van der Waals surface area contributed by atoms with Crippen LogP contribution in [-0.4, -0.2) is 24.6 Å². The van der Waals surface area contributed by atoms with E-state index in [1.165, 1.54) is 0 Å². The van der Waals surface area contributed by atoms with Crippen LogP contribution in [0.1, 0.15) is 25.5 Å². The summed E-state index contributed by atoms with van der Waals surface area (Å²) in [6.07, 6.45) is 0. The standard InChI is InChI=1S/C14H18N2O3/c1-3-19-13(17)11-9(2)15-14(18)16-12(11)10-7-5-4-6-8-10/h4-9,11-12H,3H2,1-2H3,(H2,15,16,18)/t9-,11+,12+/m0/s1. The lowest BCUT2D eigenvalue weighted by Gasteiger charge is -2.36. The molecule has 0 spiro atoms. The molecule has 2 rings (SSSR count). The molecule has 0 radical (unpaired) electrons. The summed E-state index contributed by atoms with van der Waals surface area (Å²) in [4.78, 5) is 23.7. The molecule has 0 unspecified atom stereocenters. The minimum atomic E-state index is -0.431. The molecule has 5 nitrogen and oxygen atoms in total. The summed E-state index contributed by atoms with van der Waals surface area (Å²) >= 11 is 0. The van der Waals surface area contributed by atoms with E-state index in [9.17, 15) is 9.59 Å². The molecule has 1 saturated heterocycles. The molecule has 0 saturated carbocycles. The van der Waals surface area contributed by atoms with E-state index >= 15 is 0 Å². The maximum absolute atomic E-state index is 12.1. The smallest absolute Gasteiger partial charge is 0.315 e. The Morgan fingerprint density at radius 1 is 1.26 bits per heavy atom. The van der Waals surface area contributed by atoms with Gasteiger partial charge in [0.15, 0.2) is 0 Å². The molecule has 1 aromatic rings. The normalized spacial score (nSPS) is 26.2. The highest BCUT2D eigenvalue weighted by molar-refractivity contribution is 5.82. The van der Waals surface area contributed by atoms with E-state index in [0.29, 0.717) is 6.61 Å². The van der Waals surface area contributed by atoms with Gasteiger partial charge >= 0.3 is 12.0 Å². The first-order chi connectivity index (χ1) is 9.13. The molecule has 2 N–H and O–H groups in total. The van der Waals surface area contributed by atoms with Crippen molar-refractivity contribution in [2.75, 3.05) is 6.61 Å². The molecule has 5 heteroatoms. The van der Waals surface area contributed by atoms with Crippen molar-refractivity contribution in [3.8, 4) is 0 Å². The largest absolute Gasteiger partial charge is 0.466 e. The average Bonchev–Trinajstić information content (AvgIpc) is 2.39. The Hall–Kier alpha value is -2.04. The maximum Gasteiger partial charge on any atom is 0.315 e. The number of amides is 2. The minimum absolute atomic E-state index is 0.262. The third kappa shape index (κ3) is 2.86. The monoisotopic (exact) mass is 262 g/mol. The fourth-order valence-electron chi connectivity index (χ4n) is 2.39. The quantitative estimate of drug-likeness (QED) is 0.813. The van der Waals surface area contributed by atoms with Crippen molar-refractivity contribution in [1.82, 2.24) is 10.6 Å². The van der Waals surface area contributed by atoms with Gasteiger partial charge in [0, 0.05) is 6.04 Å². The van der Waals surface area contributed by atoms with E-state index in [1.54, 1.807) is 6.92 Å². The van der Waals surface area contributed by atoms with Crippen molar-refractivity contribution in [3.63, 3.8) is 0 Å². The van der Waals surface area contributed by atoms with Gasteiger partial charge in [0.25, 0.3) is 0 Å². The Morgan fingerprint density at radius 3 is 2.58 bits per heavy atom. The molecule has 1 heterocycles. The second-order valence-electron chi connectivity index (χ2n) is 4.57. The Labute approximate surface area is 112 Å². The van der Waals surface area contributed by atoms with E-state index < -0.39 is 5.92 Å². The zero-order valence-electron chi connectivity index (χ0n) is 11.1. The highest BCUT2D eigenvalue weighted by atomic mass is 16.5. The van der Waals surface area contributed by atoms with Gasteiger partial charge in [0.05, 0.1) is 12.6 Å². The van der Waals surface area contributed by atoms with Gasteiger partial charge < -0.3 is 15.4 Å².